The van der Waals surface area contributed by atoms with Crippen LogP contribution in [0.15, 0.2) is 63.8 Å². The summed E-state index contributed by atoms with van der Waals surface area (Å²) in [7, 11) is 0. The number of ether oxygens (including phenoxy) is 1. The summed E-state index contributed by atoms with van der Waals surface area (Å²) in [6.45, 7) is 2.11. The van der Waals surface area contributed by atoms with Gasteiger partial charge in [-0.1, -0.05) is 30.3 Å². The molecule has 3 aromatic rings. The molecule has 218 valence electrons. The van der Waals surface area contributed by atoms with E-state index < -0.39 is 48.0 Å². The fourth-order valence-corrected chi connectivity index (χ4v) is 4.11. The number of carbonyl (C=O) groups excluding carboxylic acids is 3. The smallest absolute Gasteiger partial charge is 0.408 e. The normalized spacial score (nSPS) is 12.2. The maximum atomic E-state index is 13.2. The number of aryl methyl sites for hydroxylation is 1. The number of alkyl carbamates (subject to hydrolysis) is 1. The van der Waals surface area contributed by atoms with Crippen LogP contribution in [0.3, 0.4) is 0 Å². The number of nitrogens with two attached hydrogens (primary N) is 1. The molecule has 1 aromatic heterocycles. The second-order valence-electron chi connectivity index (χ2n) is 9.49. The lowest BCUT2D eigenvalue weighted by Crippen LogP contribution is -2.52. The van der Waals surface area contributed by atoms with Gasteiger partial charge in [0.15, 0.2) is 0 Å². The van der Waals surface area contributed by atoms with Crippen LogP contribution < -0.4 is 27.3 Å². The molecule has 2 atom stereocenters. The van der Waals surface area contributed by atoms with Crippen LogP contribution in [-0.4, -0.2) is 47.6 Å². The van der Waals surface area contributed by atoms with Gasteiger partial charge in [0, 0.05) is 29.6 Å². The number of amides is 3. The third-order valence-electron chi connectivity index (χ3n) is 6.27. The van der Waals surface area contributed by atoms with Gasteiger partial charge in [-0.15, -0.1) is 0 Å². The standard InChI is InChI=1S/C29H34N4O8/c1-18-15-26(36)41-24-16-20(10-11-21(18)24)31-27(37)22(9-5-6-14-30)32-28(38)23(12-13-25(34)35)33-29(39)40-17-19-7-3-2-4-8-19/h2-4,7-8,10-11,15-16,22-23H,5-6,9,12-14,17,30H2,1H3,(H,31,37)(H,32,38)(H,33,39)(H,34,35)/t22-,23-/m0/s1. The SMILES string of the molecule is Cc1cc(=O)oc2cc(NC(=O)[C@H](CCCCN)NC(=O)[C@H](CCC(=O)O)NC(=O)OCc3ccccc3)ccc12. The van der Waals surface area contributed by atoms with Gasteiger partial charge in [0.05, 0.1) is 0 Å². The van der Waals surface area contributed by atoms with E-state index in [-0.39, 0.29) is 19.4 Å². The Kier molecular flexibility index (Phi) is 11.4. The Hall–Kier alpha value is -4.71. The molecule has 2 aromatic carbocycles. The van der Waals surface area contributed by atoms with Crippen LogP contribution in [0.2, 0.25) is 0 Å². The zero-order valence-electron chi connectivity index (χ0n) is 22.7. The predicted molar refractivity (Wildman–Crippen MR) is 151 cm³/mol. The largest absolute Gasteiger partial charge is 0.481 e. The molecule has 3 amide bonds. The van der Waals surface area contributed by atoms with Crippen LogP contribution in [0.25, 0.3) is 11.0 Å². The van der Waals surface area contributed by atoms with Gasteiger partial charge < -0.3 is 35.9 Å². The van der Waals surface area contributed by atoms with Crippen LogP contribution in [0.5, 0.6) is 0 Å². The van der Waals surface area contributed by atoms with Crippen molar-refractivity contribution in [3.8, 4) is 0 Å². The Balaban J connectivity index is 1.71. The van der Waals surface area contributed by atoms with Crippen LogP contribution in [0.1, 0.15) is 43.2 Å². The molecule has 0 aliphatic rings. The lowest BCUT2D eigenvalue weighted by Gasteiger charge is -2.23. The Bertz CT molecular complexity index is 1420. The Morgan fingerprint density at radius 1 is 0.951 bits per heavy atom. The molecule has 0 saturated carbocycles. The average Bonchev–Trinajstić information content (AvgIpc) is 2.93. The number of benzene rings is 2. The third kappa shape index (κ3) is 9.76. The monoisotopic (exact) mass is 566 g/mol. The quantitative estimate of drug-likeness (QED) is 0.144. The van der Waals surface area contributed by atoms with Gasteiger partial charge in [0.25, 0.3) is 0 Å². The van der Waals surface area contributed by atoms with E-state index in [9.17, 15) is 24.0 Å². The van der Waals surface area contributed by atoms with E-state index in [4.69, 9.17) is 20.0 Å². The highest BCUT2D eigenvalue weighted by Gasteiger charge is 2.28. The minimum atomic E-state index is -1.27. The summed E-state index contributed by atoms with van der Waals surface area (Å²) in [6.07, 6.45) is -0.165. The lowest BCUT2D eigenvalue weighted by atomic mass is 10.1. The molecule has 0 aliphatic carbocycles. The number of carboxylic acid groups (broad SMARTS) is 1. The molecule has 12 nitrogen and oxygen atoms in total. The number of fused-ring (bicyclic) bond motifs is 1. The zero-order valence-corrected chi connectivity index (χ0v) is 22.7. The minimum Gasteiger partial charge on any atom is -0.481 e. The van der Waals surface area contributed by atoms with Gasteiger partial charge in [0.2, 0.25) is 11.8 Å². The predicted octanol–water partition coefficient (Wildman–Crippen LogP) is 2.81. The van der Waals surface area contributed by atoms with Gasteiger partial charge in [-0.05, 0) is 62.4 Å². The van der Waals surface area contributed by atoms with Crippen LogP contribution in [-0.2, 0) is 25.7 Å². The molecule has 6 N–H and O–H groups in total. The van der Waals surface area contributed by atoms with Crippen molar-refractivity contribution < 1.29 is 33.4 Å². The maximum absolute atomic E-state index is 13.2. The van der Waals surface area contributed by atoms with Crippen molar-refractivity contribution in [3.63, 3.8) is 0 Å². The van der Waals surface area contributed by atoms with E-state index in [0.717, 1.165) is 11.1 Å². The average molecular weight is 567 g/mol. The van der Waals surface area contributed by atoms with Crippen molar-refractivity contribution >= 4 is 40.5 Å². The summed E-state index contributed by atoms with van der Waals surface area (Å²) in [4.78, 5) is 61.8. The summed E-state index contributed by atoms with van der Waals surface area (Å²) in [5.74, 6) is -2.44. The molecule has 0 aliphatic heterocycles. The molecule has 0 saturated heterocycles. The molecule has 0 radical (unpaired) electrons. The number of unbranched alkanes of at least 4 members (excludes halogenated alkanes) is 1. The summed E-state index contributed by atoms with van der Waals surface area (Å²) in [6, 6.07) is 12.8. The number of anilines is 1. The first-order chi connectivity index (χ1) is 19.7. The fourth-order valence-electron chi connectivity index (χ4n) is 4.11. The van der Waals surface area contributed by atoms with Crippen molar-refractivity contribution in [2.45, 2.75) is 57.7 Å². The number of aliphatic carboxylic acids is 1. The number of carbonyl (C=O) groups is 4. The molecule has 3 rings (SSSR count). The number of hydrogen-bond acceptors (Lipinski definition) is 8. The fraction of sp³-hybridized carbons (Fsp3) is 0.345. The highest BCUT2D eigenvalue weighted by molar-refractivity contribution is 5.99. The molecule has 0 spiro atoms. The maximum Gasteiger partial charge on any atom is 0.408 e. The van der Waals surface area contributed by atoms with E-state index in [0.29, 0.717) is 36.0 Å². The third-order valence-corrected chi connectivity index (χ3v) is 6.27. The number of hydrogen-bond donors (Lipinski definition) is 5. The van der Waals surface area contributed by atoms with Gasteiger partial charge in [-0.3, -0.25) is 14.4 Å². The van der Waals surface area contributed by atoms with Crippen molar-refractivity contribution in [1.29, 1.82) is 0 Å². The summed E-state index contributed by atoms with van der Waals surface area (Å²) in [5.41, 5.74) is 7.17. The topological polar surface area (TPSA) is 190 Å². The summed E-state index contributed by atoms with van der Waals surface area (Å²) in [5, 5.41) is 17.6. The molecule has 0 fully saturated rings. The molecule has 1 heterocycles. The van der Waals surface area contributed by atoms with Crippen LogP contribution in [0, 0.1) is 6.92 Å². The van der Waals surface area contributed by atoms with Crippen LogP contribution >= 0.6 is 0 Å². The molecular weight excluding hydrogens is 532 g/mol. The van der Waals surface area contributed by atoms with E-state index in [2.05, 4.69) is 16.0 Å². The molecule has 0 unspecified atom stereocenters. The molecule has 41 heavy (non-hydrogen) atoms. The Labute approximate surface area is 236 Å². The van der Waals surface area contributed by atoms with E-state index in [1.165, 1.54) is 12.1 Å². The highest BCUT2D eigenvalue weighted by Crippen LogP contribution is 2.21. The second-order valence-corrected chi connectivity index (χ2v) is 9.49. The number of nitrogens with one attached hydrogen (secondary N) is 3. The summed E-state index contributed by atoms with van der Waals surface area (Å²) < 4.78 is 10.4. The molecule has 0 bridgehead atoms. The van der Waals surface area contributed by atoms with Gasteiger partial charge in [-0.25, -0.2) is 9.59 Å². The second kappa shape index (κ2) is 15.2. The van der Waals surface area contributed by atoms with Crippen molar-refractivity contribution in [2.24, 2.45) is 5.73 Å². The first-order valence-corrected chi connectivity index (χ1v) is 13.2. The van der Waals surface area contributed by atoms with Crippen LogP contribution in [0.4, 0.5) is 10.5 Å². The highest BCUT2D eigenvalue weighted by atomic mass is 16.5. The minimum absolute atomic E-state index is 0.0462. The summed E-state index contributed by atoms with van der Waals surface area (Å²) >= 11 is 0. The first kappa shape index (κ1) is 30.8. The zero-order chi connectivity index (χ0) is 29.8. The molecule has 12 heteroatoms. The van der Waals surface area contributed by atoms with E-state index in [1.54, 1.807) is 43.3 Å². The van der Waals surface area contributed by atoms with Crippen molar-refractivity contribution in [1.82, 2.24) is 10.6 Å². The molecular formula is C29H34N4O8. The first-order valence-electron chi connectivity index (χ1n) is 13.2. The lowest BCUT2D eigenvalue weighted by molar-refractivity contribution is -0.137. The van der Waals surface area contributed by atoms with Gasteiger partial charge in [-0.2, -0.15) is 0 Å². The van der Waals surface area contributed by atoms with Crippen molar-refractivity contribution in [3.05, 3.63) is 76.1 Å². The Morgan fingerprint density at radius 2 is 1.68 bits per heavy atom. The van der Waals surface area contributed by atoms with Crippen molar-refractivity contribution in [2.75, 3.05) is 11.9 Å². The van der Waals surface area contributed by atoms with Gasteiger partial charge in [0.1, 0.15) is 24.3 Å². The number of carboxylic acids is 1. The Morgan fingerprint density at radius 3 is 2.39 bits per heavy atom. The van der Waals surface area contributed by atoms with E-state index in [1.807, 2.05) is 6.07 Å². The number of rotatable bonds is 14. The van der Waals surface area contributed by atoms with E-state index >= 15 is 0 Å². The van der Waals surface area contributed by atoms with Gasteiger partial charge >= 0.3 is 17.7 Å².